The van der Waals surface area contributed by atoms with Crippen molar-refractivity contribution in [3.05, 3.63) is 0 Å². The van der Waals surface area contributed by atoms with Gasteiger partial charge < -0.3 is 45.8 Å². The monoisotopic (exact) mass is 326 g/mol. The molecule has 0 aromatic rings. The number of ether oxygens (including phenoxy) is 1. The number of hydrogen-bond acceptors (Lipinski definition) is 5. The molecule has 22 heavy (non-hydrogen) atoms. The predicted octanol–water partition coefficient (Wildman–Crippen LogP) is -2.24. The van der Waals surface area contributed by atoms with E-state index in [9.17, 15) is 0 Å². The molecule has 0 radical (unpaired) electrons. The number of unbranched alkanes of at least 4 members (excludes halogenated alkanes) is 1. The lowest BCUT2D eigenvalue weighted by Crippen LogP contribution is -2.86. The van der Waals surface area contributed by atoms with Crippen molar-refractivity contribution in [3.63, 3.8) is 0 Å². The van der Waals surface area contributed by atoms with Crippen molar-refractivity contribution in [2.45, 2.75) is 39.5 Å². The lowest BCUT2D eigenvalue weighted by Gasteiger charge is -2.12. The first-order chi connectivity index (χ1) is 10.3. The van der Waals surface area contributed by atoms with Crippen LogP contribution < -0.4 is 21.3 Å². The average Bonchev–Trinajstić information content (AvgIpc) is 2.40. The maximum atomic E-state index is 8.44. The highest BCUT2D eigenvalue weighted by Crippen LogP contribution is 2.09. The van der Waals surface area contributed by atoms with E-state index in [-0.39, 0.29) is 0 Å². The van der Waals surface area contributed by atoms with Crippen LogP contribution in [0.3, 0.4) is 0 Å². The molecule has 0 saturated carbocycles. The molecule has 0 aliphatic carbocycles. The molecule has 0 aliphatic rings. The summed E-state index contributed by atoms with van der Waals surface area (Å²) in [6.07, 6.45) is 1.19. The molecule has 0 bridgehead atoms. The normalized spacial score (nSPS) is 10.5. The Kier molecular flexibility index (Phi) is 25.0. The highest BCUT2D eigenvalue weighted by Gasteiger charge is 2.06. The van der Waals surface area contributed by atoms with Gasteiger partial charge in [0, 0.05) is 5.92 Å². The maximum Gasteiger partial charge on any atom is 0.249 e. The van der Waals surface area contributed by atoms with Crippen LogP contribution in [0.1, 0.15) is 39.5 Å². The van der Waals surface area contributed by atoms with E-state index in [1.807, 2.05) is 0 Å². The Hall–Kier alpha value is -1.58. The smallest absolute Gasteiger partial charge is 0.249 e. The summed E-state index contributed by atoms with van der Waals surface area (Å²) in [6.45, 7) is 8.23. The summed E-state index contributed by atoms with van der Waals surface area (Å²) in [4.78, 5) is 16.9. The Balaban J connectivity index is -0.000000372. The van der Waals surface area contributed by atoms with E-state index in [1.165, 1.54) is 32.2 Å². The molecule has 0 heterocycles. The number of rotatable bonds is 10. The molecule has 9 heteroatoms. The quantitative estimate of drug-likeness (QED) is 0.259. The first kappa shape index (κ1) is 25.4. The van der Waals surface area contributed by atoms with E-state index in [4.69, 9.17) is 34.8 Å². The van der Waals surface area contributed by atoms with E-state index < -0.39 is 12.3 Å². The van der Waals surface area contributed by atoms with E-state index in [2.05, 4.69) is 24.9 Å². The zero-order valence-corrected chi connectivity index (χ0v) is 13.5. The summed E-state index contributed by atoms with van der Waals surface area (Å²) < 4.78 is 5.36. The van der Waals surface area contributed by atoms with Gasteiger partial charge in [-0.1, -0.05) is 26.7 Å². The van der Waals surface area contributed by atoms with Crippen molar-refractivity contribution >= 4 is 12.3 Å². The van der Waals surface area contributed by atoms with E-state index in [0.29, 0.717) is 0 Å². The number of carbonyl (C=O) groups is 2. The second-order valence-electron chi connectivity index (χ2n) is 4.40. The third-order valence-electron chi connectivity index (χ3n) is 2.57. The predicted molar refractivity (Wildman–Crippen MR) is 74.7 cm³/mol. The molecule has 0 aliphatic heterocycles. The molecule has 0 rings (SSSR count). The Morgan fingerprint density at radius 3 is 2.09 bits per heavy atom. The van der Waals surface area contributed by atoms with Gasteiger partial charge >= 0.3 is 0 Å². The summed E-state index contributed by atoms with van der Waals surface area (Å²) in [5.41, 5.74) is 3.74. The third-order valence-corrected chi connectivity index (χ3v) is 2.57. The summed E-state index contributed by atoms with van der Waals surface area (Å²) in [5, 5.41) is 32.9. The van der Waals surface area contributed by atoms with Gasteiger partial charge in [0.2, 0.25) is 12.3 Å². The molecule has 0 aromatic carbocycles. The standard InChI is InChI=1S/C11H26N2O.2CH2O3/c1-3-5-6-11(4-2)9-13-10-14-8-7-12;2*2-1(3)4/h11,13H,3-10,12H2,1-2H3;2*(H2,2,3,4). The fourth-order valence-electron chi connectivity index (χ4n) is 1.55. The van der Waals surface area contributed by atoms with Crippen LogP contribution in [0.25, 0.3) is 0 Å². The average molecular weight is 326 g/mol. The fourth-order valence-corrected chi connectivity index (χ4v) is 1.55. The topological polar surface area (TPSA) is 174 Å². The minimum Gasteiger partial charge on any atom is -0.565 e. The first-order valence-electron chi connectivity index (χ1n) is 7.30. The van der Waals surface area contributed by atoms with Crippen molar-refractivity contribution < 1.29 is 45.8 Å². The molecule has 0 saturated heterocycles. The maximum absolute atomic E-state index is 8.44. The van der Waals surface area contributed by atoms with Gasteiger partial charge in [-0.25, -0.2) is 0 Å². The molecule has 1 unspecified atom stereocenters. The third kappa shape index (κ3) is 42.9. The Morgan fingerprint density at radius 2 is 1.73 bits per heavy atom. The lowest BCUT2D eigenvalue weighted by molar-refractivity contribution is -0.693. The fraction of sp³-hybridized carbons (Fsp3) is 0.846. The molecule has 134 valence electrons. The number of hydrogen-bond donors (Lipinski definition) is 4. The van der Waals surface area contributed by atoms with Crippen molar-refractivity contribution in [1.29, 1.82) is 0 Å². The van der Waals surface area contributed by atoms with Gasteiger partial charge in [0.1, 0.15) is 6.61 Å². The van der Waals surface area contributed by atoms with Crippen LogP contribution in [0.5, 0.6) is 0 Å². The van der Waals surface area contributed by atoms with Crippen molar-refractivity contribution in [2.75, 3.05) is 26.4 Å². The zero-order valence-electron chi connectivity index (χ0n) is 13.5. The first-order valence-corrected chi connectivity index (χ1v) is 7.30. The van der Waals surface area contributed by atoms with Gasteiger partial charge in [-0.15, -0.1) is 0 Å². The summed E-state index contributed by atoms with van der Waals surface area (Å²) in [7, 11) is 0. The second-order valence-corrected chi connectivity index (χ2v) is 4.40. The zero-order chi connectivity index (χ0) is 17.8. The summed E-state index contributed by atoms with van der Waals surface area (Å²) >= 11 is 0. The number of nitrogens with two attached hydrogens (primary N) is 1. The van der Waals surface area contributed by atoms with Crippen molar-refractivity contribution in [3.8, 4) is 0 Å². The summed E-state index contributed by atoms with van der Waals surface area (Å²) in [6, 6.07) is 0. The molecular formula is C13H30N2O7. The number of quaternary nitrogens is 2. The van der Waals surface area contributed by atoms with Crippen molar-refractivity contribution in [2.24, 2.45) is 5.92 Å². The molecule has 0 amide bonds. The molecule has 7 N–H and O–H groups in total. The Labute approximate surface area is 131 Å². The van der Waals surface area contributed by atoms with Crippen LogP contribution in [0.15, 0.2) is 0 Å². The van der Waals surface area contributed by atoms with Crippen LogP contribution >= 0.6 is 0 Å². The largest absolute Gasteiger partial charge is 0.565 e. The second kappa shape index (κ2) is 21.7. The van der Waals surface area contributed by atoms with Crippen LogP contribution in [0.4, 0.5) is 9.59 Å². The Morgan fingerprint density at radius 1 is 1.23 bits per heavy atom. The van der Waals surface area contributed by atoms with Gasteiger partial charge in [-0.2, -0.15) is 0 Å². The molecular weight excluding hydrogens is 296 g/mol. The van der Waals surface area contributed by atoms with Crippen LogP contribution in [0.2, 0.25) is 0 Å². The molecule has 0 fully saturated rings. The van der Waals surface area contributed by atoms with Gasteiger partial charge in [-0.3, -0.25) is 0 Å². The minimum atomic E-state index is -2.08. The van der Waals surface area contributed by atoms with Gasteiger partial charge in [0.15, 0.2) is 6.73 Å². The van der Waals surface area contributed by atoms with E-state index >= 15 is 0 Å². The molecule has 9 nitrogen and oxygen atoms in total. The van der Waals surface area contributed by atoms with Gasteiger partial charge in [0.25, 0.3) is 0 Å². The SMILES string of the molecule is CCCCC(CC)C[NH2+]COCC[NH3+].O=C([O-])O.O=C([O-])O. The molecule has 1 atom stereocenters. The Bertz CT molecular complexity index is 233. The van der Waals surface area contributed by atoms with E-state index in [0.717, 1.165) is 25.8 Å². The van der Waals surface area contributed by atoms with Gasteiger partial charge in [-0.05, 0) is 12.8 Å². The highest BCUT2D eigenvalue weighted by molar-refractivity contribution is 5.50. The lowest BCUT2D eigenvalue weighted by atomic mass is 10.00. The molecule has 0 aromatic heterocycles. The van der Waals surface area contributed by atoms with Crippen LogP contribution in [-0.4, -0.2) is 49.0 Å². The number of carboxylic acid groups (broad SMARTS) is 4. The minimum absolute atomic E-state index is 0.794. The van der Waals surface area contributed by atoms with E-state index in [1.54, 1.807) is 0 Å². The van der Waals surface area contributed by atoms with Crippen molar-refractivity contribution in [1.82, 2.24) is 0 Å². The molecule has 0 spiro atoms. The van der Waals surface area contributed by atoms with Gasteiger partial charge in [0.05, 0.1) is 13.1 Å². The van der Waals surface area contributed by atoms with Crippen LogP contribution in [0, 0.1) is 5.92 Å². The van der Waals surface area contributed by atoms with Crippen LogP contribution in [-0.2, 0) is 4.74 Å². The summed E-state index contributed by atoms with van der Waals surface area (Å²) in [5.74, 6) is 0.873. The highest BCUT2D eigenvalue weighted by atomic mass is 16.6.